The molecule has 2 heterocycles. The van der Waals surface area contributed by atoms with Crippen LogP contribution in [0.4, 0.5) is 10.5 Å². The third-order valence-corrected chi connectivity index (χ3v) is 7.46. The molecule has 1 fully saturated rings. The molecule has 1 saturated carbocycles. The fraction of sp³-hybridized carbons (Fsp3) is 0.444. The Balaban J connectivity index is 1.65. The summed E-state index contributed by atoms with van der Waals surface area (Å²) in [6.07, 6.45) is 5.19. The minimum absolute atomic E-state index is 0.0537. The van der Waals surface area contributed by atoms with Gasteiger partial charge in [0.1, 0.15) is 5.82 Å². The third-order valence-electron chi connectivity index (χ3n) is 7.46. The number of aliphatic carboxylic acids is 1. The van der Waals surface area contributed by atoms with Crippen LogP contribution in [0.3, 0.4) is 0 Å². The molecule has 1 aliphatic carbocycles. The number of carboxylic acids is 1. The van der Waals surface area contributed by atoms with Crippen molar-refractivity contribution in [1.82, 2.24) is 9.55 Å². The highest BCUT2D eigenvalue weighted by Gasteiger charge is 2.34. The first-order valence-corrected chi connectivity index (χ1v) is 12.1. The Kier molecular flexibility index (Phi) is 6.02. The number of ether oxygens (including phenoxy) is 1. The number of anilines is 1. The predicted molar refractivity (Wildman–Crippen MR) is 130 cm³/mol. The smallest absolute Gasteiger partial charge is 0.414 e. The van der Waals surface area contributed by atoms with E-state index in [9.17, 15) is 14.7 Å². The molecule has 2 aliphatic rings. The van der Waals surface area contributed by atoms with Gasteiger partial charge in [-0.1, -0.05) is 36.8 Å². The van der Waals surface area contributed by atoms with Crippen molar-refractivity contribution < 1.29 is 19.4 Å². The van der Waals surface area contributed by atoms with Crippen LogP contribution in [0.15, 0.2) is 42.5 Å². The summed E-state index contributed by atoms with van der Waals surface area (Å²) in [5.41, 5.74) is 5.05. The van der Waals surface area contributed by atoms with Gasteiger partial charge in [-0.25, -0.2) is 9.78 Å². The van der Waals surface area contributed by atoms with Gasteiger partial charge in [-0.2, -0.15) is 0 Å². The van der Waals surface area contributed by atoms with Crippen LogP contribution in [0.25, 0.3) is 11.0 Å². The van der Waals surface area contributed by atoms with Crippen LogP contribution < -0.4 is 4.90 Å². The van der Waals surface area contributed by atoms with Crippen LogP contribution >= 0.6 is 0 Å². The third kappa shape index (κ3) is 3.93. The Labute approximate surface area is 199 Å². The number of imidazole rings is 1. The molecule has 0 radical (unpaired) electrons. The lowest BCUT2D eigenvalue weighted by atomic mass is 9.85. The first kappa shape index (κ1) is 22.4. The zero-order valence-electron chi connectivity index (χ0n) is 19.7. The number of fused-ring (bicyclic) bond motifs is 3. The molecule has 1 aromatic heterocycles. The minimum atomic E-state index is -0.709. The maximum atomic E-state index is 12.6. The number of aryl methyl sites for hydroxylation is 1. The van der Waals surface area contributed by atoms with Crippen molar-refractivity contribution in [3.63, 3.8) is 0 Å². The average Bonchev–Trinajstić information content (AvgIpc) is 3.22. The van der Waals surface area contributed by atoms with Crippen LogP contribution in [-0.4, -0.2) is 39.9 Å². The highest BCUT2D eigenvalue weighted by atomic mass is 16.5. The summed E-state index contributed by atoms with van der Waals surface area (Å²) in [7, 11) is 1.41. The van der Waals surface area contributed by atoms with Crippen molar-refractivity contribution >= 4 is 28.8 Å². The fourth-order valence-corrected chi connectivity index (χ4v) is 5.76. The van der Waals surface area contributed by atoms with Gasteiger partial charge in [-0.05, 0) is 56.7 Å². The van der Waals surface area contributed by atoms with Gasteiger partial charge >= 0.3 is 12.1 Å². The van der Waals surface area contributed by atoms with E-state index >= 15 is 0 Å². The Hall–Kier alpha value is -3.35. The number of hydrogen-bond donors (Lipinski definition) is 1. The standard InChI is InChI=1S/C27H31N3O4/c1-17-11-12-21-22(29(17)27(33)34-2)13-14-23-25(21)28-24(15-18-7-4-3-5-8-18)30(23)20-10-6-9-19(16-20)26(31)32/h3-5,7-8,13-14,17,19-20H,6,9-12,15-16H2,1-2H3,(H,31,32)/t17?,19-,20-/m0/s1. The van der Waals surface area contributed by atoms with Crippen molar-refractivity contribution in [1.29, 1.82) is 0 Å². The Bertz CT molecular complexity index is 1220. The van der Waals surface area contributed by atoms with Crippen molar-refractivity contribution in [2.45, 2.75) is 64.0 Å². The summed E-state index contributed by atoms with van der Waals surface area (Å²) in [6, 6.07) is 14.5. The van der Waals surface area contributed by atoms with Gasteiger partial charge in [0.15, 0.2) is 0 Å². The maximum Gasteiger partial charge on any atom is 0.414 e. The largest absolute Gasteiger partial charge is 0.481 e. The number of hydrogen-bond acceptors (Lipinski definition) is 4. The molecule has 7 heteroatoms. The molecule has 1 amide bonds. The van der Waals surface area contributed by atoms with Gasteiger partial charge in [0.05, 0.1) is 29.7 Å². The molecule has 1 unspecified atom stereocenters. The molecule has 0 spiro atoms. The van der Waals surface area contributed by atoms with E-state index in [-0.39, 0.29) is 24.1 Å². The summed E-state index contributed by atoms with van der Waals surface area (Å²) in [5.74, 6) is -0.0817. The summed E-state index contributed by atoms with van der Waals surface area (Å²) < 4.78 is 7.36. The molecule has 0 bridgehead atoms. The molecule has 2 aromatic carbocycles. The second-order valence-corrected chi connectivity index (χ2v) is 9.57. The monoisotopic (exact) mass is 461 g/mol. The van der Waals surface area contributed by atoms with Crippen molar-refractivity contribution in [3.05, 3.63) is 59.4 Å². The summed E-state index contributed by atoms with van der Waals surface area (Å²) in [4.78, 5) is 31.2. The number of carboxylic acid groups (broad SMARTS) is 1. The lowest BCUT2D eigenvalue weighted by Gasteiger charge is -2.34. The molecule has 3 aromatic rings. The Morgan fingerprint density at radius 3 is 2.65 bits per heavy atom. The van der Waals surface area contributed by atoms with E-state index < -0.39 is 5.97 Å². The average molecular weight is 462 g/mol. The van der Waals surface area contributed by atoms with E-state index in [2.05, 4.69) is 16.7 Å². The Morgan fingerprint density at radius 1 is 1.12 bits per heavy atom. The van der Waals surface area contributed by atoms with Gasteiger partial charge in [0.2, 0.25) is 0 Å². The van der Waals surface area contributed by atoms with Gasteiger partial charge < -0.3 is 14.4 Å². The molecule has 34 heavy (non-hydrogen) atoms. The van der Waals surface area contributed by atoms with Crippen LogP contribution in [0.1, 0.15) is 62.0 Å². The van der Waals surface area contributed by atoms with Crippen molar-refractivity contribution in [2.24, 2.45) is 5.92 Å². The number of benzene rings is 2. The topological polar surface area (TPSA) is 84.7 Å². The minimum Gasteiger partial charge on any atom is -0.481 e. The lowest BCUT2D eigenvalue weighted by Crippen LogP contribution is -2.42. The SMILES string of the molecule is COC(=O)N1c2ccc3c(nc(Cc4ccccc4)n3[C@H]3CCC[C@H](C(=O)O)C3)c2CCC1C. The van der Waals surface area contributed by atoms with Gasteiger partial charge in [-0.15, -0.1) is 0 Å². The molecule has 7 nitrogen and oxygen atoms in total. The number of aromatic nitrogens is 2. The summed E-state index contributed by atoms with van der Waals surface area (Å²) in [6.45, 7) is 2.04. The number of methoxy groups -OCH3 is 1. The van der Waals surface area contributed by atoms with E-state index in [0.717, 1.165) is 60.2 Å². The van der Waals surface area contributed by atoms with E-state index in [1.165, 1.54) is 12.7 Å². The van der Waals surface area contributed by atoms with Crippen LogP contribution in [-0.2, 0) is 22.4 Å². The zero-order valence-corrected chi connectivity index (χ0v) is 19.7. The van der Waals surface area contributed by atoms with Crippen molar-refractivity contribution in [3.8, 4) is 0 Å². The van der Waals surface area contributed by atoms with Gasteiger partial charge in [-0.3, -0.25) is 9.69 Å². The van der Waals surface area contributed by atoms with E-state index in [1.54, 1.807) is 4.90 Å². The van der Waals surface area contributed by atoms with Crippen LogP contribution in [0.2, 0.25) is 0 Å². The molecule has 1 aliphatic heterocycles. The molecular formula is C27H31N3O4. The highest BCUT2D eigenvalue weighted by molar-refractivity contribution is 5.95. The van der Waals surface area contributed by atoms with Gasteiger partial charge in [0.25, 0.3) is 0 Å². The predicted octanol–water partition coefficient (Wildman–Crippen LogP) is 5.35. The second kappa shape index (κ2) is 9.12. The molecule has 5 rings (SSSR count). The molecule has 0 saturated heterocycles. The number of carbonyl (C=O) groups excluding carboxylic acids is 1. The number of carbonyl (C=O) groups is 2. The van der Waals surface area contributed by atoms with Crippen LogP contribution in [0, 0.1) is 5.92 Å². The van der Waals surface area contributed by atoms with Crippen molar-refractivity contribution in [2.75, 3.05) is 12.0 Å². The summed E-state index contributed by atoms with van der Waals surface area (Å²) in [5, 5.41) is 9.68. The highest BCUT2D eigenvalue weighted by Crippen LogP contribution is 2.40. The molecular weight excluding hydrogens is 430 g/mol. The first-order chi connectivity index (χ1) is 16.5. The molecule has 3 atom stereocenters. The Morgan fingerprint density at radius 2 is 1.91 bits per heavy atom. The first-order valence-electron chi connectivity index (χ1n) is 12.1. The summed E-state index contributed by atoms with van der Waals surface area (Å²) >= 11 is 0. The zero-order chi connectivity index (χ0) is 23.8. The molecule has 178 valence electrons. The number of nitrogens with zero attached hydrogens (tertiary/aromatic N) is 3. The lowest BCUT2D eigenvalue weighted by molar-refractivity contribution is -0.143. The number of rotatable bonds is 4. The maximum absolute atomic E-state index is 12.6. The second-order valence-electron chi connectivity index (χ2n) is 9.57. The van der Waals surface area contributed by atoms with E-state index in [1.807, 2.05) is 37.3 Å². The molecule has 1 N–H and O–H groups in total. The van der Waals surface area contributed by atoms with E-state index in [4.69, 9.17) is 9.72 Å². The number of amides is 1. The fourth-order valence-electron chi connectivity index (χ4n) is 5.76. The van der Waals surface area contributed by atoms with E-state index in [0.29, 0.717) is 12.8 Å². The normalized spacial score (nSPS) is 22.4. The van der Waals surface area contributed by atoms with Crippen LogP contribution in [0.5, 0.6) is 0 Å². The quantitative estimate of drug-likeness (QED) is 0.566. The van der Waals surface area contributed by atoms with Gasteiger partial charge in [0, 0.05) is 24.1 Å².